The number of nitro benzene ring substituents is 1. The molecule has 0 spiro atoms. The van der Waals surface area contributed by atoms with E-state index in [2.05, 4.69) is 5.10 Å². The molecule has 2 amide bonds. The molecule has 0 aliphatic rings. The Balaban J connectivity index is 2.11. The first kappa shape index (κ1) is 22.3. The third kappa shape index (κ3) is 4.21. The first-order valence-electron chi connectivity index (χ1n) is 9.28. The molecular formula is C21H18FN5O5. The minimum Gasteiger partial charge on any atom is -0.368 e. The molecular weight excluding hydrogens is 421 g/mol. The molecule has 0 radical (unpaired) electrons. The predicted octanol–water partition coefficient (Wildman–Crippen LogP) is 1.89. The number of para-hydroxylation sites is 2. The Morgan fingerprint density at radius 3 is 2.50 bits per heavy atom. The Hall–Kier alpha value is -4.41. The predicted molar refractivity (Wildman–Crippen MR) is 112 cm³/mol. The summed E-state index contributed by atoms with van der Waals surface area (Å²) >= 11 is 0. The van der Waals surface area contributed by atoms with Gasteiger partial charge >= 0.3 is 0 Å². The van der Waals surface area contributed by atoms with Gasteiger partial charge in [0, 0.05) is 24.9 Å². The molecule has 1 unspecified atom stereocenters. The summed E-state index contributed by atoms with van der Waals surface area (Å²) in [6.07, 6.45) is 0. The molecule has 0 fully saturated rings. The average molecular weight is 439 g/mol. The SMILES string of the molecule is Cc1cc(=O)c(C(=O)N(C)C(C(N)=O)c2cccc(F)c2)nn1-c1ccccc1[N+](=O)[O-]. The Labute approximate surface area is 180 Å². The van der Waals surface area contributed by atoms with Crippen LogP contribution in [0.3, 0.4) is 0 Å². The number of nitrogens with zero attached hydrogens (tertiary/aromatic N) is 4. The number of likely N-dealkylation sites (N-methyl/N-ethyl adjacent to an activating group) is 1. The van der Waals surface area contributed by atoms with Gasteiger partial charge in [0.05, 0.1) is 4.92 Å². The maximum Gasteiger partial charge on any atom is 0.294 e. The summed E-state index contributed by atoms with van der Waals surface area (Å²) in [4.78, 5) is 49.4. The molecule has 3 rings (SSSR count). The summed E-state index contributed by atoms with van der Waals surface area (Å²) in [5.41, 5.74) is 4.22. The zero-order chi connectivity index (χ0) is 23.6. The lowest BCUT2D eigenvalue weighted by molar-refractivity contribution is -0.384. The molecule has 164 valence electrons. The summed E-state index contributed by atoms with van der Waals surface area (Å²) < 4.78 is 14.8. The van der Waals surface area contributed by atoms with Gasteiger partial charge < -0.3 is 10.6 Å². The van der Waals surface area contributed by atoms with Gasteiger partial charge in [0.25, 0.3) is 11.6 Å². The van der Waals surface area contributed by atoms with Crippen molar-refractivity contribution >= 4 is 17.5 Å². The van der Waals surface area contributed by atoms with Crippen molar-refractivity contribution in [3.05, 3.63) is 97.7 Å². The maximum absolute atomic E-state index is 13.7. The van der Waals surface area contributed by atoms with Gasteiger partial charge in [0.1, 0.15) is 17.5 Å². The molecule has 0 aliphatic carbocycles. The largest absolute Gasteiger partial charge is 0.368 e. The van der Waals surface area contributed by atoms with Crippen LogP contribution in [-0.2, 0) is 4.79 Å². The minimum absolute atomic E-state index is 0.0447. The van der Waals surface area contributed by atoms with Crippen LogP contribution in [0.1, 0.15) is 27.8 Å². The Morgan fingerprint density at radius 1 is 1.19 bits per heavy atom. The summed E-state index contributed by atoms with van der Waals surface area (Å²) in [5.74, 6) is -2.55. The van der Waals surface area contributed by atoms with Gasteiger partial charge in [-0.25, -0.2) is 9.07 Å². The quantitative estimate of drug-likeness (QED) is 0.459. The topological polar surface area (TPSA) is 141 Å². The van der Waals surface area contributed by atoms with Crippen molar-refractivity contribution in [2.24, 2.45) is 5.73 Å². The van der Waals surface area contributed by atoms with Crippen molar-refractivity contribution in [3.63, 3.8) is 0 Å². The second kappa shape index (κ2) is 8.76. The third-order valence-electron chi connectivity index (χ3n) is 4.76. The second-order valence-corrected chi connectivity index (χ2v) is 6.93. The van der Waals surface area contributed by atoms with E-state index in [9.17, 15) is 28.9 Å². The van der Waals surface area contributed by atoms with Gasteiger partial charge in [-0.05, 0) is 30.7 Å². The molecule has 1 atom stereocenters. The maximum atomic E-state index is 13.7. The minimum atomic E-state index is -1.37. The first-order valence-corrected chi connectivity index (χ1v) is 9.28. The van der Waals surface area contributed by atoms with Crippen molar-refractivity contribution in [3.8, 4) is 5.69 Å². The zero-order valence-electron chi connectivity index (χ0n) is 17.1. The number of nitro groups is 1. The summed E-state index contributed by atoms with van der Waals surface area (Å²) in [5, 5.41) is 15.4. The number of aromatic nitrogens is 2. The number of nitrogens with two attached hydrogens (primary N) is 1. The monoisotopic (exact) mass is 439 g/mol. The fourth-order valence-corrected chi connectivity index (χ4v) is 3.28. The van der Waals surface area contributed by atoms with Gasteiger partial charge in [-0.15, -0.1) is 0 Å². The van der Waals surface area contributed by atoms with Crippen LogP contribution in [0.25, 0.3) is 5.69 Å². The number of primary amides is 1. The number of benzene rings is 2. The van der Waals surface area contributed by atoms with E-state index >= 15 is 0 Å². The number of hydrogen-bond acceptors (Lipinski definition) is 6. The molecule has 2 aromatic carbocycles. The third-order valence-corrected chi connectivity index (χ3v) is 4.76. The van der Waals surface area contributed by atoms with Crippen LogP contribution in [0.5, 0.6) is 0 Å². The molecule has 0 aliphatic heterocycles. The van der Waals surface area contributed by atoms with Crippen LogP contribution < -0.4 is 11.2 Å². The number of amides is 2. The van der Waals surface area contributed by atoms with Crippen LogP contribution in [-0.4, -0.2) is 38.5 Å². The number of carbonyl (C=O) groups is 2. The highest BCUT2D eigenvalue weighted by atomic mass is 19.1. The lowest BCUT2D eigenvalue weighted by Gasteiger charge is -2.26. The van der Waals surface area contributed by atoms with Gasteiger partial charge in [0.2, 0.25) is 11.3 Å². The first-order chi connectivity index (χ1) is 15.1. The van der Waals surface area contributed by atoms with Crippen LogP contribution in [0.4, 0.5) is 10.1 Å². The van der Waals surface area contributed by atoms with Crippen molar-refractivity contribution < 1.29 is 18.9 Å². The van der Waals surface area contributed by atoms with Crippen LogP contribution in [0, 0.1) is 22.9 Å². The van der Waals surface area contributed by atoms with Gasteiger partial charge in [0.15, 0.2) is 5.69 Å². The van der Waals surface area contributed by atoms with E-state index in [-0.39, 0.29) is 22.6 Å². The van der Waals surface area contributed by atoms with E-state index in [1.807, 2.05) is 0 Å². The molecule has 1 aromatic heterocycles. The van der Waals surface area contributed by atoms with E-state index in [1.165, 1.54) is 44.3 Å². The molecule has 0 saturated carbocycles. The summed E-state index contributed by atoms with van der Waals surface area (Å²) in [6, 6.07) is 10.4. The standard InChI is InChI=1S/C21H18FN5O5/c1-12-10-17(28)18(24-26(12)15-8-3-4-9-16(15)27(31)32)21(30)25(2)19(20(23)29)13-6-5-7-14(22)11-13/h3-11,19H,1-2H3,(H2,23,29). The highest BCUT2D eigenvalue weighted by Crippen LogP contribution is 2.24. The molecule has 11 heteroatoms. The van der Waals surface area contributed by atoms with Crippen LogP contribution >= 0.6 is 0 Å². The van der Waals surface area contributed by atoms with Crippen molar-refractivity contribution in [1.29, 1.82) is 0 Å². The highest BCUT2D eigenvalue weighted by molar-refractivity contribution is 5.96. The molecule has 1 heterocycles. The number of carbonyl (C=O) groups excluding carboxylic acids is 2. The van der Waals surface area contributed by atoms with E-state index in [0.717, 1.165) is 27.8 Å². The van der Waals surface area contributed by atoms with Crippen LogP contribution in [0.15, 0.2) is 59.4 Å². The number of hydrogen-bond donors (Lipinski definition) is 1. The fraction of sp³-hybridized carbons (Fsp3) is 0.143. The normalized spacial score (nSPS) is 11.6. The Kier molecular flexibility index (Phi) is 6.10. The Morgan fingerprint density at radius 2 is 1.88 bits per heavy atom. The lowest BCUT2D eigenvalue weighted by atomic mass is 10.0. The van der Waals surface area contributed by atoms with E-state index < -0.39 is 39.7 Å². The van der Waals surface area contributed by atoms with Crippen molar-refractivity contribution in [2.75, 3.05) is 7.05 Å². The van der Waals surface area contributed by atoms with Gasteiger partial charge in [-0.2, -0.15) is 5.10 Å². The van der Waals surface area contributed by atoms with E-state index in [4.69, 9.17) is 5.73 Å². The summed E-state index contributed by atoms with van der Waals surface area (Å²) in [6.45, 7) is 1.50. The smallest absolute Gasteiger partial charge is 0.294 e. The van der Waals surface area contributed by atoms with Gasteiger partial charge in [-0.3, -0.25) is 24.5 Å². The van der Waals surface area contributed by atoms with Gasteiger partial charge in [-0.1, -0.05) is 24.3 Å². The average Bonchev–Trinajstić information content (AvgIpc) is 2.73. The van der Waals surface area contributed by atoms with E-state index in [1.54, 1.807) is 6.07 Å². The van der Waals surface area contributed by atoms with Crippen molar-refractivity contribution in [1.82, 2.24) is 14.7 Å². The summed E-state index contributed by atoms with van der Waals surface area (Å²) in [7, 11) is 1.22. The second-order valence-electron chi connectivity index (χ2n) is 6.93. The van der Waals surface area contributed by atoms with E-state index in [0.29, 0.717) is 0 Å². The number of halogens is 1. The Bertz CT molecular complexity index is 1290. The van der Waals surface area contributed by atoms with Crippen molar-refractivity contribution in [2.45, 2.75) is 13.0 Å². The molecule has 10 nitrogen and oxygen atoms in total. The lowest BCUT2D eigenvalue weighted by Crippen LogP contribution is -2.41. The van der Waals surface area contributed by atoms with Crippen LogP contribution in [0.2, 0.25) is 0 Å². The molecule has 2 N–H and O–H groups in total. The number of rotatable bonds is 6. The number of aryl methyl sites for hydroxylation is 1. The molecule has 32 heavy (non-hydrogen) atoms. The molecule has 0 saturated heterocycles. The zero-order valence-corrected chi connectivity index (χ0v) is 17.1. The molecule has 3 aromatic rings. The highest BCUT2D eigenvalue weighted by Gasteiger charge is 2.30. The molecule has 0 bridgehead atoms. The fourth-order valence-electron chi connectivity index (χ4n) is 3.28.